The summed E-state index contributed by atoms with van der Waals surface area (Å²) in [5, 5.41) is 0. The zero-order valence-corrected chi connectivity index (χ0v) is 10.9. The minimum absolute atomic E-state index is 0.285. The monoisotopic (exact) mass is 280 g/mol. The Morgan fingerprint density at radius 3 is 2.62 bits per heavy atom. The van der Waals surface area contributed by atoms with Crippen molar-refractivity contribution in [2.24, 2.45) is 4.99 Å². The normalized spacial score (nSPS) is 16.4. The molecule has 0 spiro atoms. The van der Waals surface area contributed by atoms with Gasteiger partial charge in [-0.3, -0.25) is 0 Å². The van der Waals surface area contributed by atoms with Crippen LogP contribution < -0.4 is 4.90 Å². The molecule has 0 atom stereocenters. The summed E-state index contributed by atoms with van der Waals surface area (Å²) in [4.78, 5) is 16.4. The fraction of sp³-hybridized carbons (Fsp3) is 0.417. The molecule has 0 saturated heterocycles. The molecule has 0 bridgehead atoms. The van der Waals surface area contributed by atoms with E-state index >= 15 is 0 Å². The lowest BCUT2D eigenvalue weighted by atomic mass is 10.0. The number of isocyanates is 1. The first-order valence-corrected chi connectivity index (χ1v) is 5.95. The standard InChI is InChI=1S/C12H13BrN2O/c1-15(2)11-7-9(3-4-10(11)13)12(5-6-12)14-8-16/h3-4,7H,5-6H2,1-2H3. The third-order valence-corrected chi connectivity index (χ3v) is 3.62. The molecule has 1 fully saturated rings. The summed E-state index contributed by atoms with van der Waals surface area (Å²) in [5.41, 5.74) is 1.92. The molecule has 16 heavy (non-hydrogen) atoms. The number of nitrogens with zero attached hydrogens (tertiary/aromatic N) is 2. The lowest BCUT2D eigenvalue weighted by molar-refractivity contribution is 0.556. The van der Waals surface area contributed by atoms with Crippen LogP contribution in [0.2, 0.25) is 0 Å². The smallest absolute Gasteiger partial charge is 0.235 e. The van der Waals surface area contributed by atoms with E-state index in [1.54, 1.807) is 6.08 Å². The third-order valence-electron chi connectivity index (χ3n) is 2.95. The van der Waals surface area contributed by atoms with Crippen molar-refractivity contribution in [3.05, 3.63) is 28.2 Å². The van der Waals surface area contributed by atoms with E-state index in [0.29, 0.717) is 0 Å². The molecule has 4 heteroatoms. The molecular formula is C12H13BrN2O. The highest BCUT2D eigenvalue weighted by atomic mass is 79.9. The van der Waals surface area contributed by atoms with Crippen molar-refractivity contribution in [3.63, 3.8) is 0 Å². The second kappa shape index (κ2) is 4.04. The third kappa shape index (κ3) is 1.91. The van der Waals surface area contributed by atoms with Crippen LogP contribution in [-0.4, -0.2) is 20.2 Å². The molecular weight excluding hydrogens is 268 g/mol. The zero-order chi connectivity index (χ0) is 11.8. The average Bonchev–Trinajstić information content (AvgIpc) is 2.99. The van der Waals surface area contributed by atoms with Crippen LogP contribution in [0, 0.1) is 0 Å². The van der Waals surface area contributed by atoms with Crippen LogP contribution in [0.1, 0.15) is 18.4 Å². The minimum Gasteiger partial charge on any atom is -0.377 e. The Morgan fingerprint density at radius 1 is 1.44 bits per heavy atom. The minimum atomic E-state index is -0.285. The predicted molar refractivity (Wildman–Crippen MR) is 67.5 cm³/mol. The highest BCUT2D eigenvalue weighted by Gasteiger charge is 2.45. The Labute approximate surface area is 103 Å². The van der Waals surface area contributed by atoms with E-state index in [0.717, 1.165) is 28.6 Å². The van der Waals surface area contributed by atoms with Crippen molar-refractivity contribution in [2.45, 2.75) is 18.4 Å². The summed E-state index contributed by atoms with van der Waals surface area (Å²) in [6.45, 7) is 0. The van der Waals surface area contributed by atoms with Crippen LogP contribution in [0.3, 0.4) is 0 Å². The molecule has 0 heterocycles. The number of hydrogen-bond acceptors (Lipinski definition) is 3. The summed E-state index contributed by atoms with van der Waals surface area (Å²) in [6.07, 6.45) is 3.56. The number of aliphatic imine (C=N–C) groups is 1. The van der Waals surface area contributed by atoms with Crippen molar-refractivity contribution < 1.29 is 4.79 Å². The fourth-order valence-corrected chi connectivity index (χ4v) is 2.42. The number of anilines is 1. The molecule has 0 aliphatic heterocycles. The van der Waals surface area contributed by atoms with Crippen molar-refractivity contribution in [1.29, 1.82) is 0 Å². The van der Waals surface area contributed by atoms with Gasteiger partial charge >= 0.3 is 0 Å². The van der Waals surface area contributed by atoms with Crippen molar-refractivity contribution >= 4 is 27.7 Å². The lowest BCUT2D eigenvalue weighted by Crippen LogP contribution is -2.11. The maximum absolute atomic E-state index is 10.4. The largest absolute Gasteiger partial charge is 0.377 e. The van der Waals surface area contributed by atoms with E-state index < -0.39 is 0 Å². The van der Waals surface area contributed by atoms with Gasteiger partial charge in [0, 0.05) is 18.6 Å². The van der Waals surface area contributed by atoms with E-state index in [1.807, 2.05) is 31.1 Å². The molecule has 0 N–H and O–H groups in total. The Morgan fingerprint density at radius 2 is 2.12 bits per heavy atom. The molecule has 1 saturated carbocycles. The molecule has 84 valence electrons. The van der Waals surface area contributed by atoms with E-state index in [4.69, 9.17) is 0 Å². The fourth-order valence-electron chi connectivity index (χ4n) is 1.82. The molecule has 0 aromatic heterocycles. The number of benzene rings is 1. The van der Waals surface area contributed by atoms with Gasteiger partial charge in [-0.25, -0.2) is 4.79 Å². The van der Waals surface area contributed by atoms with Crippen LogP contribution in [0.15, 0.2) is 27.7 Å². The number of halogens is 1. The molecule has 1 aliphatic carbocycles. The Kier molecular flexibility index (Phi) is 2.87. The van der Waals surface area contributed by atoms with Gasteiger partial charge in [-0.1, -0.05) is 6.07 Å². The van der Waals surface area contributed by atoms with Gasteiger partial charge in [0.25, 0.3) is 0 Å². The Hall–Kier alpha value is -1.12. The molecule has 2 rings (SSSR count). The van der Waals surface area contributed by atoms with Gasteiger partial charge in [-0.2, -0.15) is 4.99 Å². The molecule has 1 aromatic carbocycles. The van der Waals surface area contributed by atoms with Crippen LogP contribution in [0.5, 0.6) is 0 Å². The molecule has 0 unspecified atom stereocenters. The molecule has 0 amide bonds. The van der Waals surface area contributed by atoms with E-state index in [1.165, 1.54) is 0 Å². The maximum Gasteiger partial charge on any atom is 0.235 e. The number of rotatable bonds is 3. The average molecular weight is 281 g/mol. The van der Waals surface area contributed by atoms with Gasteiger partial charge in [-0.15, -0.1) is 0 Å². The highest BCUT2D eigenvalue weighted by molar-refractivity contribution is 9.10. The molecule has 1 aromatic rings. The second-order valence-corrected chi connectivity index (χ2v) is 5.15. The van der Waals surface area contributed by atoms with Gasteiger partial charge in [-0.05, 0) is 46.5 Å². The highest BCUT2D eigenvalue weighted by Crippen LogP contribution is 2.50. The van der Waals surface area contributed by atoms with Crippen LogP contribution in [0.4, 0.5) is 5.69 Å². The quantitative estimate of drug-likeness (QED) is 0.630. The van der Waals surface area contributed by atoms with Crippen molar-refractivity contribution in [1.82, 2.24) is 0 Å². The van der Waals surface area contributed by atoms with Gasteiger partial charge in [0.05, 0.1) is 11.2 Å². The summed E-state index contributed by atoms with van der Waals surface area (Å²) >= 11 is 3.51. The molecule has 3 nitrogen and oxygen atoms in total. The SMILES string of the molecule is CN(C)c1cc(C2(N=C=O)CC2)ccc1Br. The Balaban J connectivity index is 2.44. The predicted octanol–water partition coefficient (Wildman–Crippen LogP) is 2.84. The second-order valence-electron chi connectivity index (χ2n) is 4.30. The first kappa shape index (κ1) is 11.4. The van der Waals surface area contributed by atoms with Crippen LogP contribution in [0.25, 0.3) is 0 Å². The summed E-state index contributed by atoms with van der Waals surface area (Å²) in [6, 6.07) is 6.11. The van der Waals surface area contributed by atoms with E-state index in [2.05, 4.69) is 27.0 Å². The zero-order valence-electron chi connectivity index (χ0n) is 9.33. The van der Waals surface area contributed by atoms with Crippen molar-refractivity contribution in [2.75, 3.05) is 19.0 Å². The lowest BCUT2D eigenvalue weighted by Gasteiger charge is -2.17. The number of carbonyl (C=O) groups excluding carboxylic acids is 1. The molecule has 1 aliphatic rings. The Bertz CT molecular complexity index is 460. The van der Waals surface area contributed by atoms with Gasteiger partial charge in [0.15, 0.2) is 0 Å². The van der Waals surface area contributed by atoms with Gasteiger partial charge < -0.3 is 4.90 Å². The van der Waals surface area contributed by atoms with Crippen LogP contribution in [-0.2, 0) is 10.3 Å². The first-order chi connectivity index (χ1) is 7.59. The van der Waals surface area contributed by atoms with Gasteiger partial charge in [0.2, 0.25) is 6.08 Å². The van der Waals surface area contributed by atoms with Gasteiger partial charge in [0.1, 0.15) is 0 Å². The summed E-state index contributed by atoms with van der Waals surface area (Å²) in [5.74, 6) is 0. The topological polar surface area (TPSA) is 32.7 Å². The van der Waals surface area contributed by atoms with E-state index in [-0.39, 0.29) is 5.54 Å². The summed E-state index contributed by atoms with van der Waals surface area (Å²) in [7, 11) is 3.98. The summed E-state index contributed by atoms with van der Waals surface area (Å²) < 4.78 is 1.05. The number of hydrogen-bond donors (Lipinski definition) is 0. The maximum atomic E-state index is 10.4. The van der Waals surface area contributed by atoms with E-state index in [9.17, 15) is 4.79 Å². The van der Waals surface area contributed by atoms with Crippen LogP contribution >= 0.6 is 15.9 Å². The first-order valence-electron chi connectivity index (χ1n) is 5.15. The van der Waals surface area contributed by atoms with Crippen molar-refractivity contribution in [3.8, 4) is 0 Å². The molecule has 0 radical (unpaired) electrons.